The maximum Gasteiger partial charge on any atom is 0.276 e. The molecule has 0 aromatic carbocycles. The van der Waals surface area contributed by atoms with E-state index in [1.807, 2.05) is 7.05 Å². The molecular weight excluding hydrogens is 256 g/mol. The summed E-state index contributed by atoms with van der Waals surface area (Å²) in [6.45, 7) is 0. The Hall–Kier alpha value is -1.85. The van der Waals surface area contributed by atoms with Gasteiger partial charge >= 0.3 is 0 Å². The van der Waals surface area contributed by atoms with Crippen molar-refractivity contribution < 1.29 is 4.92 Å². The second kappa shape index (κ2) is 6.54. The minimum Gasteiger partial charge on any atom is -0.373 e. The van der Waals surface area contributed by atoms with Gasteiger partial charge in [-0.1, -0.05) is 25.7 Å². The molecule has 110 valence electrons. The van der Waals surface area contributed by atoms with Gasteiger partial charge in [-0.05, 0) is 12.8 Å². The lowest BCUT2D eigenvalue weighted by Gasteiger charge is -2.28. The molecule has 1 aromatic heterocycles. The van der Waals surface area contributed by atoms with Crippen LogP contribution < -0.4 is 10.2 Å². The molecule has 1 heterocycles. The quantitative estimate of drug-likeness (QED) is 0.520. The van der Waals surface area contributed by atoms with Gasteiger partial charge in [0.15, 0.2) is 0 Å². The summed E-state index contributed by atoms with van der Waals surface area (Å²) in [6.07, 6.45) is 7.29. The minimum absolute atomic E-state index is 0.0832. The van der Waals surface area contributed by atoms with Crippen molar-refractivity contribution in [2.45, 2.75) is 44.6 Å². The monoisotopic (exact) mass is 278 g/mol. The van der Waals surface area contributed by atoms with Crippen LogP contribution in [-0.4, -0.2) is 30.0 Å². The molecule has 0 saturated heterocycles. The van der Waals surface area contributed by atoms with Crippen molar-refractivity contribution in [2.75, 3.05) is 24.3 Å². The maximum atomic E-state index is 11.0. The molecule has 0 radical (unpaired) electrons. The van der Waals surface area contributed by atoms with Crippen LogP contribution in [0.15, 0.2) is 12.1 Å². The zero-order valence-corrected chi connectivity index (χ0v) is 12.1. The Morgan fingerprint density at radius 2 is 1.95 bits per heavy atom. The molecule has 1 aliphatic rings. The Bertz CT molecular complexity index is 470. The van der Waals surface area contributed by atoms with Crippen molar-refractivity contribution in [1.82, 2.24) is 4.98 Å². The highest BCUT2D eigenvalue weighted by Gasteiger charge is 2.20. The van der Waals surface area contributed by atoms with Gasteiger partial charge in [-0.15, -0.1) is 0 Å². The summed E-state index contributed by atoms with van der Waals surface area (Å²) in [7, 11) is 3.71. The number of hydrogen-bond acceptors (Lipinski definition) is 5. The normalized spacial score (nSPS) is 16.5. The highest BCUT2D eigenvalue weighted by Crippen LogP contribution is 2.28. The average molecular weight is 278 g/mol. The lowest BCUT2D eigenvalue weighted by atomic mass is 10.1. The van der Waals surface area contributed by atoms with Crippen molar-refractivity contribution in [3.63, 3.8) is 0 Å². The molecule has 1 N–H and O–H groups in total. The Balaban J connectivity index is 2.25. The predicted octanol–water partition coefficient (Wildman–Crippen LogP) is 3.19. The predicted molar refractivity (Wildman–Crippen MR) is 80.3 cm³/mol. The van der Waals surface area contributed by atoms with Crippen molar-refractivity contribution in [3.05, 3.63) is 22.2 Å². The number of nitrogens with zero attached hydrogens (tertiary/aromatic N) is 3. The smallest absolute Gasteiger partial charge is 0.276 e. The van der Waals surface area contributed by atoms with Gasteiger partial charge < -0.3 is 10.2 Å². The van der Waals surface area contributed by atoms with Gasteiger partial charge in [-0.25, -0.2) is 4.98 Å². The van der Waals surface area contributed by atoms with Crippen LogP contribution in [0.4, 0.5) is 17.3 Å². The van der Waals surface area contributed by atoms with E-state index in [1.165, 1.54) is 31.7 Å². The fourth-order valence-corrected chi connectivity index (χ4v) is 2.75. The van der Waals surface area contributed by atoms with Crippen LogP contribution in [0.5, 0.6) is 0 Å². The summed E-state index contributed by atoms with van der Waals surface area (Å²) in [5, 5.41) is 13.9. The van der Waals surface area contributed by atoms with Crippen LogP contribution in [0, 0.1) is 10.1 Å². The zero-order chi connectivity index (χ0) is 14.5. The number of anilines is 2. The molecule has 1 aliphatic carbocycles. The zero-order valence-electron chi connectivity index (χ0n) is 12.1. The molecule has 1 aromatic rings. The summed E-state index contributed by atoms with van der Waals surface area (Å²) >= 11 is 0. The first-order valence-corrected chi connectivity index (χ1v) is 7.19. The molecule has 0 unspecified atom stereocenters. The molecular formula is C14H22N4O2. The molecule has 20 heavy (non-hydrogen) atoms. The summed E-state index contributed by atoms with van der Waals surface area (Å²) in [4.78, 5) is 17.2. The van der Waals surface area contributed by atoms with Gasteiger partial charge in [0.05, 0.1) is 17.1 Å². The Morgan fingerprint density at radius 3 is 2.50 bits per heavy atom. The molecule has 0 aliphatic heterocycles. The molecule has 1 saturated carbocycles. The highest BCUT2D eigenvalue weighted by molar-refractivity contribution is 5.55. The topological polar surface area (TPSA) is 71.3 Å². The number of pyridine rings is 1. The summed E-state index contributed by atoms with van der Waals surface area (Å²) in [6, 6.07) is 3.45. The second-order valence-corrected chi connectivity index (χ2v) is 5.33. The molecule has 1 fully saturated rings. The Labute approximate surface area is 119 Å². The molecule has 0 spiro atoms. The van der Waals surface area contributed by atoms with E-state index in [2.05, 4.69) is 15.2 Å². The van der Waals surface area contributed by atoms with Gasteiger partial charge in [0.2, 0.25) is 0 Å². The number of nitrogens with one attached hydrogen (secondary N) is 1. The SMILES string of the molecule is CNc1cc([N+](=O)[O-])cc(N(C)C2CCCCCC2)n1. The van der Waals surface area contributed by atoms with E-state index in [0.717, 1.165) is 12.8 Å². The fourth-order valence-electron chi connectivity index (χ4n) is 2.75. The van der Waals surface area contributed by atoms with Crippen molar-refractivity contribution >= 4 is 17.3 Å². The molecule has 0 atom stereocenters. The summed E-state index contributed by atoms with van der Waals surface area (Å²) in [5.74, 6) is 1.21. The van der Waals surface area contributed by atoms with Crippen LogP contribution >= 0.6 is 0 Å². The number of nitro groups is 1. The largest absolute Gasteiger partial charge is 0.373 e. The van der Waals surface area contributed by atoms with Crippen LogP contribution in [-0.2, 0) is 0 Å². The van der Waals surface area contributed by atoms with Crippen LogP contribution in [0.1, 0.15) is 38.5 Å². The molecule has 6 heteroatoms. The second-order valence-electron chi connectivity index (χ2n) is 5.33. The highest BCUT2D eigenvalue weighted by atomic mass is 16.6. The van der Waals surface area contributed by atoms with E-state index in [1.54, 1.807) is 13.1 Å². The molecule has 2 rings (SSSR count). The van der Waals surface area contributed by atoms with Gasteiger partial charge in [-0.3, -0.25) is 10.1 Å². The van der Waals surface area contributed by atoms with Crippen molar-refractivity contribution in [3.8, 4) is 0 Å². The fraction of sp³-hybridized carbons (Fsp3) is 0.643. The Kier molecular flexibility index (Phi) is 4.76. The van der Waals surface area contributed by atoms with E-state index in [0.29, 0.717) is 17.7 Å². The standard InChI is InChI=1S/C14H22N4O2/c1-15-13-9-12(18(19)20)10-14(16-13)17(2)11-7-5-3-4-6-8-11/h9-11H,3-8H2,1-2H3,(H,15,16). The van der Waals surface area contributed by atoms with E-state index in [-0.39, 0.29) is 10.6 Å². The first-order valence-electron chi connectivity index (χ1n) is 7.19. The van der Waals surface area contributed by atoms with E-state index in [9.17, 15) is 10.1 Å². The van der Waals surface area contributed by atoms with Crippen LogP contribution in [0.2, 0.25) is 0 Å². The third kappa shape index (κ3) is 3.37. The average Bonchev–Trinajstić information content (AvgIpc) is 2.74. The first kappa shape index (κ1) is 14.6. The van der Waals surface area contributed by atoms with E-state index in [4.69, 9.17) is 0 Å². The van der Waals surface area contributed by atoms with Gasteiger partial charge in [0.25, 0.3) is 5.69 Å². The van der Waals surface area contributed by atoms with Crippen LogP contribution in [0.3, 0.4) is 0 Å². The van der Waals surface area contributed by atoms with Gasteiger partial charge in [0, 0.05) is 20.1 Å². The summed E-state index contributed by atoms with van der Waals surface area (Å²) in [5.41, 5.74) is 0.0832. The molecule has 0 amide bonds. The van der Waals surface area contributed by atoms with Gasteiger partial charge in [0.1, 0.15) is 11.6 Å². The lowest BCUT2D eigenvalue weighted by molar-refractivity contribution is -0.384. The Morgan fingerprint density at radius 1 is 1.30 bits per heavy atom. The number of aromatic nitrogens is 1. The van der Waals surface area contributed by atoms with Crippen molar-refractivity contribution in [2.24, 2.45) is 0 Å². The molecule has 0 bridgehead atoms. The summed E-state index contributed by atoms with van der Waals surface area (Å²) < 4.78 is 0. The van der Waals surface area contributed by atoms with E-state index < -0.39 is 0 Å². The third-order valence-corrected chi connectivity index (χ3v) is 4.00. The molecule has 6 nitrogen and oxygen atoms in total. The van der Waals surface area contributed by atoms with Crippen LogP contribution in [0.25, 0.3) is 0 Å². The van der Waals surface area contributed by atoms with Crippen molar-refractivity contribution in [1.29, 1.82) is 0 Å². The minimum atomic E-state index is -0.368. The first-order chi connectivity index (χ1) is 9.61. The van der Waals surface area contributed by atoms with Gasteiger partial charge in [-0.2, -0.15) is 0 Å². The number of rotatable bonds is 4. The third-order valence-electron chi connectivity index (χ3n) is 4.00. The maximum absolute atomic E-state index is 11.0. The number of hydrogen-bond donors (Lipinski definition) is 1. The lowest BCUT2D eigenvalue weighted by Crippen LogP contribution is -2.31. The van der Waals surface area contributed by atoms with E-state index >= 15 is 0 Å².